The first kappa shape index (κ1) is 11.5. The summed E-state index contributed by atoms with van der Waals surface area (Å²) in [5.74, 6) is 1.50. The zero-order chi connectivity index (χ0) is 12.3. The zero-order valence-electron chi connectivity index (χ0n) is 10.4. The largest absolute Gasteiger partial charge is 0.370 e. The number of nitrogens with zero attached hydrogens (tertiary/aromatic N) is 3. The molecule has 0 saturated carbocycles. The molecule has 1 N–H and O–H groups in total. The van der Waals surface area contributed by atoms with Crippen molar-refractivity contribution in [3.05, 3.63) is 35.7 Å². The van der Waals surface area contributed by atoms with Crippen molar-refractivity contribution in [2.75, 3.05) is 11.9 Å². The molecule has 0 aliphatic heterocycles. The summed E-state index contributed by atoms with van der Waals surface area (Å²) in [4.78, 5) is 13.1. The lowest BCUT2D eigenvalue weighted by Gasteiger charge is -2.06. The first-order chi connectivity index (χ1) is 8.20. The molecular formula is C13H16N4. The van der Waals surface area contributed by atoms with Crippen LogP contribution in [0, 0.1) is 13.8 Å². The second kappa shape index (κ2) is 4.91. The van der Waals surface area contributed by atoms with Crippen LogP contribution in [-0.2, 0) is 0 Å². The highest BCUT2D eigenvalue weighted by Crippen LogP contribution is 2.18. The van der Waals surface area contributed by atoms with E-state index in [2.05, 4.69) is 26.3 Å². The first-order valence-corrected chi connectivity index (χ1v) is 5.71. The highest BCUT2D eigenvalue weighted by molar-refractivity contribution is 5.56. The minimum absolute atomic E-state index is 0.668. The van der Waals surface area contributed by atoms with Gasteiger partial charge in [-0.3, -0.25) is 4.98 Å². The first-order valence-electron chi connectivity index (χ1n) is 5.71. The van der Waals surface area contributed by atoms with E-state index in [1.54, 1.807) is 6.20 Å². The summed E-state index contributed by atoms with van der Waals surface area (Å²) < 4.78 is 0. The Balaban J connectivity index is 2.42. The van der Waals surface area contributed by atoms with Crippen LogP contribution in [0.25, 0.3) is 11.5 Å². The highest BCUT2D eigenvalue weighted by atomic mass is 15.0. The molecule has 17 heavy (non-hydrogen) atoms. The van der Waals surface area contributed by atoms with Crippen LogP contribution in [0.4, 0.5) is 5.82 Å². The molecule has 0 fully saturated rings. The molecule has 2 heterocycles. The van der Waals surface area contributed by atoms with Gasteiger partial charge in [0.2, 0.25) is 0 Å². The molecule has 88 valence electrons. The van der Waals surface area contributed by atoms with Crippen LogP contribution in [0.1, 0.15) is 18.1 Å². The van der Waals surface area contributed by atoms with Crippen LogP contribution < -0.4 is 5.32 Å². The number of aromatic nitrogens is 3. The van der Waals surface area contributed by atoms with E-state index in [1.165, 1.54) is 0 Å². The number of hydrogen-bond donors (Lipinski definition) is 1. The molecule has 0 radical (unpaired) electrons. The van der Waals surface area contributed by atoms with Crippen molar-refractivity contribution in [2.24, 2.45) is 0 Å². The molecular weight excluding hydrogens is 212 g/mol. The maximum absolute atomic E-state index is 4.44. The van der Waals surface area contributed by atoms with Gasteiger partial charge in [0.25, 0.3) is 0 Å². The molecule has 0 aromatic carbocycles. The summed E-state index contributed by atoms with van der Waals surface area (Å²) >= 11 is 0. The minimum atomic E-state index is 0.668. The second-order valence-electron chi connectivity index (χ2n) is 3.97. The molecule has 0 saturated heterocycles. The summed E-state index contributed by atoms with van der Waals surface area (Å²) in [6.45, 7) is 6.94. The van der Waals surface area contributed by atoms with E-state index in [0.717, 1.165) is 29.2 Å². The van der Waals surface area contributed by atoms with Crippen molar-refractivity contribution in [1.82, 2.24) is 15.0 Å². The lowest BCUT2D eigenvalue weighted by molar-refractivity contribution is 1.09. The quantitative estimate of drug-likeness (QED) is 0.877. The van der Waals surface area contributed by atoms with E-state index >= 15 is 0 Å². The van der Waals surface area contributed by atoms with E-state index in [1.807, 2.05) is 33.0 Å². The number of hydrogen-bond acceptors (Lipinski definition) is 4. The average molecular weight is 228 g/mol. The van der Waals surface area contributed by atoms with Gasteiger partial charge in [-0.25, -0.2) is 9.97 Å². The van der Waals surface area contributed by atoms with Gasteiger partial charge in [0.15, 0.2) is 5.82 Å². The van der Waals surface area contributed by atoms with Crippen LogP contribution in [-0.4, -0.2) is 21.5 Å². The van der Waals surface area contributed by atoms with Crippen molar-refractivity contribution in [2.45, 2.75) is 20.8 Å². The van der Waals surface area contributed by atoms with E-state index in [0.29, 0.717) is 5.82 Å². The third-order valence-corrected chi connectivity index (χ3v) is 2.44. The third-order valence-electron chi connectivity index (χ3n) is 2.44. The van der Waals surface area contributed by atoms with Gasteiger partial charge in [0, 0.05) is 18.9 Å². The summed E-state index contributed by atoms with van der Waals surface area (Å²) in [5, 5.41) is 3.17. The predicted octanol–water partition coefficient (Wildman–Crippen LogP) is 2.59. The lowest BCUT2D eigenvalue weighted by Crippen LogP contribution is -2.02. The number of rotatable bonds is 3. The zero-order valence-corrected chi connectivity index (χ0v) is 10.4. The van der Waals surface area contributed by atoms with Crippen molar-refractivity contribution in [3.63, 3.8) is 0 Å². The fourth-order valence-corrected chi connectivity index (χ4v) is 1.70. The van der Waals surface area contributed by atoms with Gasteiger partial charge < -0.3 is 5.32 Å². The van der Waals surface area contributed by atoms with Gasteiger partial charge in [-0.05, 0) is 38.0 Å². The minimum Gasteiger partial charge on any atom is -0.370 e. The van der Waals surface area contributed by atoms with Gasteiger partial charge >= 0.3 is 0 Å². The predicted molar refractivity (Wildman–Crippen MR) is 68.9 cm³/mol. The highest BCUT2D eigenvalue weighted by Gasteiger charge is 2.07. The van der Waals surface area contributed by atoms with E-state index in [-0.39, 0.29) is 0 Å². The van der Waals surface area contributed by atoms with Gasteiger partial charge in [0.05, 0.1) is 0 Å². The maximum Gasteiger partial charge on any atom is 0.180 e. The number of nitrogens with one attached hydrogen (secondary N) is 1. The number of pyridine rings is 1. The normalized spacial score (nSPS) is 10.3. The Hall–Kier alpha value is -1.97. The van der Waals surface area contributed by atoms with Crippen LogP contribution in [0.15, 0.2) is 24.5 Å². The summed E-state index contributed by atoms with van der Waals surface area (Å²) in [6.07, 6.45) is 3.59. The molecule has 0 atom stereocenters. The average Bonchev–Trinajstić information content (AvgIpc) is 2.29. The van der Waals surface area contributed by atoms with Crippen LogP contribution in [0.5, 0.6) is 0 Å². The van der Waals surface area contributed by atoms with Gasteiger partial charge in [-0.2, -0.15) is 0 Å². The van der Waals surface area contributed by atoms with E-state index in [4.69, 9.17) is 0 Å². The van der Waals surface area contributed by atoms with E-state index < -0.39 is 0 Å². The SMILES string of the molecule is CCNc1ccnc(-c2ncc(C)cc2C)n1. The number of anilines is 1. The van der Waals surface area contributed by atoms with Gasteiger partial charge in [0.1, 0.15) is 11.5 Å². The topological polar surface area (TPSA) is 50.7 Å². The van der Waals surface area contributed by atoms with E-state index in [9.17, 15) is 0 Å². The molecule has 0 bridgehead atoms. The Bertz CT molecular complexity index is 523. The fraction of sp³-hybridized carbons (Fsp3) is 0.308. The molecule has 4 heteroatoms. The Labute approximate surface area is 101 Å². The lowest BCUT2D eigenvalue weighted by atomic mass is 10.1. The van der Waals surface area contributed by atoms with Crippen LogP contribution in [0.2, 0.25) is 0 Å². The van der Waals surface area contributed by atoms with Crippen molar-refractivity contribution >= 4 is 5.82 Å². The Morgan fingerprint density at radius 2 is 2.06 bits per heavy atom. The molecule has 0 aliphatic carbocycles. The van der Waals surface area contributed by atoms with Gasteiger partial charge in [-0.1, -0.05) is 6.07 Å². The van der Waals surface area contributed by atoms with Crippen LogP contribution in [0.3, 0.4) is 0 Å². The van der Waals surface area contributed by atoms with Crippen molar-refractivity contribution < 1.29 is 0 Å². The molecule has 4 nitrogen and oxygen atoms in total. The molecule has 0 amide bonds. The Morgan fingerprint density at radius 1 is 1.24 bits per heavy atom. The fourth-order valence-electron chi connectivity index (χ4n) is 1.70. The molecule has 0 aliphatic rings. The summed E-state index contributed by atoms with van der Waals surface area (Å²) in [6, 6.07) is 3.95. The Kier molecular flexibility index (Phi) is 3.32. The van der Waals surface area contributed by atoms with Crippen LogP contribution >= 0.6 is 0 Å². The molecule has 2 rings (SSSR count). The van der Waals surface area contributed by atoms with Gasteiger partial charge in [-0.15, -0.1) is 0 Å². The smallest absolute Gasteiger partial charge is 0.180 e. The standard InChI is InChI=1S/C13H16N4/c1-4-14-11-5-6-15-13(17-11)12-10(3)7-9(2)8-16-12/h5-8H,4H2,1-3H3,(H,14,15,17). The van der Waals surface area contributed by atoms with Crippen molar-refractivity contribution in [3.8, 4) is 11.5 Å². The molecule has 0 unspecified atom stereocenters. The third kappa shape index (κ3) is 2.58. The molecule has 2 aromatic heterocycles. The summed E-state index contributed by atoms with van der Waals surface area (Å²) in [5.41, 5.74) is 3.09. The second-order valence-corrected chi connectivity index (χ2v) is 3.97. The monoisotopic (exact) mass is 228 g/mol. The molecule has 2 aromatic rings. The molecule has 0 spiro atoms. The van der Waals surface area contributed by atoms with Crippen molar-refractivity contribution in [1.29, 1.82) is 0 Å². The number of aryl methyl sites for hydroxylation is 2. The summed E-state index contributed by atoms with van der Waals surface area (Å²) in [7, 11) is 0. The maximum atomic E-state index is 4.44. The Morgan fingerprint density at radius 3 is 2.76 bits per heavy atom.